The number of carbonyl (C=O) groups excluding carboxylic acids is 2. The normalized spacial score (nSPS) is 15.3. The van der Waals surface area contributed by atoms with Gasteiger partial charge < -0.3 is 16.0 Å². The molecular weight excluding hydrogens is 278 g/mol. The van der Waals surface area contributed by atoms with E-state index >= 15 is 0 Å². The van der Waals surface area contributed by atoms with Crippen molar-refractivity contribution < 1.29 is 9.59 Å². The summed E-state index contributed by atoms with van der Waals surface area (Å²) >= 11 is 0. The number of amides is 3. The molecule has 0 aromatic heterocycles. The molecule has 1 fully saturated rings. The molecule has 0 unspecified atom stereocenters. The third kappa shape index (κ3) is 4.76. The quantitative estimate of drug-likeness (QED) is 0.877. The molecule has 0 saturated heterocycles. The highest BCUT2D eigenvalue weighted by atomic mass is 16.2. The van der Waals surface area contributed by atoms with E-state index in [1.54, 1.807) is 7.05 Å². The Bertz CT molecular complexity index is 524. The van der Waals surface area contributed by atoms with Gasteiger partial charge in [-0.3, -0.25) is 4.79 Å². The molecule has 1 aromatic carbocycles. The molecule has 0 bridgehead atoms. The average molecular weight is 303 g/mol. The molecule has 1 aliphatic carbocycles. The van der Waals surface area contributed by atoms with Crippen molar-refractivity contribution in [3.63, 3.8) is 0 Å². The van der Waals surface area contributed by atoms with Gasteiger partial charge in [0.2, 0.25) is 5.91 Å². The minimum Gasteiger partial charge on any atom is -0.351 e. The van der Waals surface area contributed by atoms with E-state index in [1.165, 1.54) is 24.2 Å². The van der Waals surface area contributed by atoms with Gasteiger partial charge in [0, 0.05) is 25.7 Å². The van der Waals surface area contributed by atoms with E-state index in [9.17, 15) is 9.59 Å². The standard InChI is InChI=1S/C17H25N3O2/c1-20(17(18)22)12-14-9-5-6-10-15(14)19-16(21)11-13-7-3-2-4-8-13/h5-6,9-10,13H,2-4,7-8,11-12H2,1H3,(H2,18,22)(H,19,21). The Balaban J connectivity index is 1.96. The monoisotopic (exact) mass is 303 g/mol. The predicted octanol–water partition coefficient (Wildman–Crippen LogP) is 3.11. The number of para-hydroxylation sites is 1. The fraction of sp³-hybridized carbons (Fsp3) is 0.529. The topological polar surface area (TPSA) is 75.4 Å². The molecule has 1 aliphatic rings. The lowest BCUT2D eigenvalue weighted by atomic mass is 9.87. The number of nitrogens with one attached hydrogen (secondary N) is 1. The summed E-state index contributed by atoms with van der Waals surface area (Å²) in [6, 6.07) is 7.05. The molecule has 5 heteroatoms. The van der Waals surface area contributed by atoms with Crippen LogP contribution in [-0.4, -0.2) is 23.9 Å². The molecule has 3 N–H and O–H groups in total. The van der Waals surface area contributed by atoms with Crippen LogP contribution in [0.5, 0.6) is 0 Å². The molecular formula is C17H25N3O2. The number of hydrogen-bond donors (Lipinski definition) is 2. The van der Waals surface area contributed by atoms with Gasteiger partial charge >= 0.3 is 6.03 Å². The molecule has 3 amide bonds. The molecule has 5 nitrogen and oxygen atoms in total. The molecule has 0 aliphatic heterocycles. The van der Waals surface area contributed by atoms with Gasteiger partial charge in [-0.15, -0.1) is 0 Å². The van der Waals surface area contributed by atoms with E-state index in [-0.39, 0.29) is 5.91 Å². The first-order chi connectivity index (χ1) is 10.6. The second kappa shape index (κ2) is 7.82. The summed E-state index contributed by atoms with van der Waals surface area (Å²) < 4.78 is 0. The highest BCUT2D eigenvalue weighted by Gasteiger charge is 2.18. The number of anilines is 1. The Morgan fingerprint density at radius 2 is 1.91 bits per heavy atom. The van der Waals surface area contributed by atoms with Gasteiger partial charge in [-0.05, 0) is 30.4 Å². The van der Waals surface area contributed by atoms with Gasteiger partial charge in [0.15, 0.2) is 0 Å². The highest BCUT2D eigenvalue weighted by Crippen LogP contribution is 2.27. The van der Waals surface area contributed by atoms with Crippen LogP contribution in [0.4, 0.5) is 10.5 Å². The van der Waals surface area contributed by atoms with Gasteiger partial charge in [0.05, 0.1) is 0 Å². The Kier molecular flexibility index (Phi) is 5.81. The lowest BCUT2D eigenvalue weighted by Gasteiger charge is -2.21. The SMILES string of the molecule is CN(Cc1ccccc1NC(=O)CC1CCCCC1)C(N)=O. The number of benzene rings is 1. The maximum Gasteiger partial charge on any atom is 0.314 e. The van der Waals surface area contributed by atoms with E-state index in [2.05, 4.69) is 5.32 Å². The fourth-order valence-corrected chi connectivity index (χ4v) is 2.97. The summed E-state index contributed by atoms with van der Waals surface area (Å²) in [5, 5.41) is 2.98. The maximum absolute atomic E-state index is 12.2. The second-order valence-corrected chi connectivity index (χ2v) is 6.11. The number of primary amides is 1. The zero-order chi connectivity index (χ0) is 15.9. The van der Waals surface area contributed by atoms with Gasteiger partial charge in [-0.25, -0.2) is 4.79 Å². The number of nitrogens with zero attached hydrogens (tertiary/aromatic N) is 1. The average Bonchev–Trinajstić information content (AvgIpc) is 2.50. The van der Waals surface area contributed by atoms with Crippen molar-refractivity contribution in [2.45, 2.75) is 45.1 Å². The first kappa shape index (κ1) is 16.3. The minimum absolute atomic E-state index is 0.0566. The predicted molar refractivity (Wildman–Crippen MR) is 87.3 cm³/mol. The van der Waals surface area contributed by atoms with Crippen molar-refractivity contribution >= 4 is 17.6 Å². The Labute approximate surface area is 131 Å². The number of nitrogens with two attached hydrogens (primary N) is 1. The van der Waals surface area contributed by atoms with Crippen LogP contribution in [0.3, 0.4) is 0 Å². The molecule has 0 spiro atoms. The molecule has 0 radical (unpaired) electrons. The number of urea groups is 1. The van der Waals surface area contributed by atoms with E-state index in [4.69, 9.17) is 5.73 Å². The molecule has 1 aromatic rings. The summed E-state index contributed by atoms with van der Waals surface area (Å²) in [5.41, 5.74) is 6.91. The Morgan fingerprint density at radius 3 is 2.59 bits per heavy atom. The van der Waals surface area contributed by atoms with Crippen LogP contribution in [0.1, 0.15) is 44.1 Å². The molecule has 2 rings (SSSR count). The molecule has 0 heterocycles. The van der Waals surface area contributed by atoms with Crippen molar-refractivity contribution in [1.29, 1.82) is 0 Å². The van der Waals surface area contributed by atoms with Gasteiger partial charge in [-0.1, -0.05) is 37.5 Å². The minimum atomic E-state index is -0.483. The molecule has 120 valence electrons. The molecule has 1 saturated carbocycles. The number of rotatable bonds is 5. The van der Waals surface area contributed by atoms with Crippen LogP contribution in [0.2, 0.25) is 0 Å². The van der Waals surface area contributed by atoms with Crippen LogP contribution < -0.4 is 11.1 Å². The van der Waals surface area contributed by atoms with E-state index in [0.717, 1.165) is 24.1 Å². The Hall–Kier alpha value is -2.04. The zero-order valence-corrected chi connectivity index (χ0v) is 13.2. The van der Waals surface area contributed by atoms with Crippen LogP contribution in [-0.2, 0) is 11.3 Å². The Morgan fingerprint density at radius 1 is 1.23 bits per heavy atom. The van der Waals surface area contributed by atoms with Crippen LogP contribution in [0.25, 0.3) is 0 Å². The van der Waals surface area contributed by atoms with Gasteiger partial charge in [0.1, 0.15) is 0 Å². The molecule has 22 heavy (non-hydrogen) atoms. The van der Waals surface area contributed by atoms with Crippen LogP contribution >= 0.6 is 0 Å². The van der Waals surface area contributed by atoms with Crippen molar-refractivity contribution in [2.24, 2.45) is 11.7 Å². The first-order valence-corrected chi connectivity index (χ1v) is 7.94. The first-order valence-electron chi connectivity index (χ1n) is 7.94. The largest absolute Gasteiger partial charge is 0.351 e. The van der Waals surface area contributed by atoms with Crippen molar-refractivity contribution in [1.82, 2.24) is 4.90 Å². The number of carbonyl (C=O) groups is 2. The fourth-order valence-electron chi connectivity index (χ4n) is 2.97. The summed E-state index contributed by atoms with van der Waals surface area (Å²) in [5.74, 6) is 0.565. The van der Waals surface area contributed by atoms with Crippen LogP contribution in [0, 0.1) is 5.92 Å². The van der Waals surface area contributed by atoms with Crippen LogP contribution in [0.15, 0.2) is 24.3 Å². The van der Waals surface area contributed by atoms with Gasteiger partial charge in [0.25, 0.3) is 0 Å². The van der Waals surface area contributed by atoms with E-state index in [1.807, 2.05) is 24.3 Å². The second-order valence-electron chi connectivity index (χ2n) is 6.11. The third-order valence-electron chi connectivity index (χ3n) is 4.27. The number of hydrogen-bond acceptors (Lipinski definition) is 2. The smallest absolute Gasteiger partial charge is 0.314 e. The molecule has 0 atom stereocenters. The van der Waals surface area contributed by atoms with Gasteiger partial charge in [-0.2, -0.15) is 0 Å². The van der Waals surface area contributed by atoms with E-state index < -0.39 is 6.03 Å². The summed E-state index contributed by atoms with van der Waals surface area (Å²) in [4.78, 5) is 24.8. The zero-order valence-electron chi connectivity index (χ0n) is 13.2. The summed E-state index contributed by atoms with van der Waals surface area (Å²) in [6.07, 6.45) is 6.65. The van der Waals surface area contributed by atoms with E-state index in [0.29, 0.717) is 18.9 Å². The lowest BCUT2D eigenvalue weighted by molar-refractivity contribution is -0.117. The lowest BCUT2D eigenvalue weighted by Crippen LogP contribution is -2.31. The summed E-state index contributed by atoms with van der Waals surface area (Å²) in [7, 11) is 1.64. The maximum atomic E-state index is 12.2. The van der Waals surface area contributed by atoms with Crippen molar-refractivity contribution in [3.8, 4) is 0 Å². The highest BCUT2D eigenvalue weighted by molar-refractivity contribution is 5.91. The van der Waals surface area contributed by atoms with Crippen molar-refractivity contribution in [3.05, 3.63) is 29.8 Å². The third-order valence-corrected chi connectivity index (χ3v) is 4.27. The summed E-state index contributed by atoms with van der Waals surface area (Å²) in [6.45, 7) is 0.384. The van der Waals surface area contributed by atoms with Crippen molar-refractivity contribution in [2.75, 3.05) is 12.4 Å².